The zero-order chi connectivity index (χ0) is 14.1. The number of nitrogens with one attached hydrogen (secondary N) is 1. The number of methoxy groups -OCH3 is 1. The summed E-state index contributed by atoms with van der Waals surface area (Å²) in [4.78, 5) is 23.1. The third-order valence-corrected chi connectivity index (χ3v) is 4.31. The lowest BCUT2D eigenvalue weighted by Gasteiger charge is -2.19. The number of amides is 1. The molecule has 1 amide bonds. The molecular formula is C13H25NO3S. The maximum Gasteiger partial charge on any atom is 0.309 e. The van der Waals surface area contributed by atoms with Gasteiger partial charge in [-0.1, -0.05) is 20.8 Å². The van der Waals surface area contributed by atoms with E-state index in [9.17, 15) is 9.59 Å². The highest BCUT2D eigenvalue weighted by Gasteiger charge is 2.19. The van der Waals surface area contributed by atoms with Crippen molar-refractivity contribution in [2.75, 3.05) is 12.9 Å². The van der Waals surface area contributed by atoms with Crippen molar-refractivity contribution in [2.24, 2.45) is 5.92 Å². The van der Waals surface area contributed by atoms with Crippen LogP contribution < -0.4 is 5.32 Å². The van der Waals surface area contributed by atoms with Gasteiger partial charge in [-0.3, -0.25) is 9.59 Å². The molecule has 1 N–H and O–H groups in total. The summed E-state index contributed by atoms with van der Waals surface area (Å²) in [6, 6.07) is 0.249. The molecule has 0 saturated heterocycles. The normalized spacial score (nSPS) is 14.1. The van der Waals surface area contributed by atoms with Crippen molar-refractivity contribution in [2.45, 2.75) is 51.8 Å². The molecule has 0 aliphatic carbocycles. The highest BCUT2D eigenvalue weighted by molar-refractivity contribution is 8.00. The van der Waals surface area contributed by atoms with Gasteiger partial charge in [0.2, 0.25) is 5.91 Å². The molecular weight excluding hydrogens is 250 g/mol. The summed E-state index contributed by atoms with van der Waals surface area (Å²) in [5.41, 5.74) is 0. The number of hydrogen-bond donors (Lipinski definition) is 1. The minimum Gasteiger partial charge on any atom is -0.469 e. The van der Waals surface area contributed by atoms with Gasteiger partial charge in [-0.05, 0) is 19.8 Å². The Morgan fingerprint density at radius 3 is 2.22 bits per heavy atom. The number of hydrogen-bond acceptors (Lipinski definition) is 4. The van der Waals surface area contributed by atoms with E-state index >= 15 is 0 Å². The van der Waals surface area contributed by atoms with Gasteiger partial charge in [0.25, 0.3) is 0 Å². The molecule has 0 aliphatic rings. The van der Waals surface area contributed by atoms with Gasteiger partial charge in [-0.15, -0.1) is 11.8 Å². The van der Waals surface area contributed by atoms with Crippen LogP contribution in [0, 0.1) is 5.92 Å². The van der Waals surface area contributed by atoms with Crippen molar-refractivity contribution in [3.63, 3.8) is 0 Å². The molecule has 0 fully saturated rings. The Hall–Kier alpha value is -0.710. The molecule has 4 nitrogen and oxygen atoms in total. The molecule has 0 aromatic heterocycles. The van der Waals surface area contributed by atoms with Gasteiger partial charge in [-0.25, -0.2) is 0 Å². The number of thioether (sulfide) groups is 1. The zero-order valence-electron chi connectivity index (χ0n) is 12.0. The second-order valence-electron chi connectivity index (χ2n) is 4.42. The fourth-order valence-electron chi connectivity index (χ4n) is 1.44. The molecule has 0 radical (unpaired) electrons. The van der Waals surface area contributed by atoms with Crippen LogP contribution in [-0.2, 0) is 14.3 Å². The molecule has 0 aromatic carbocycles. The fraction of sp³-hybridized carbons (Fsp3) is 0.846. The van der Waals surface area contributed by atoms with Gasteiger partial charge in [0, 0.05) is 11.8 Å². The van der Waals surface area contributed by atoms with Gasteiger partial charge >= 0.3 is 5.97 Å². The first-order chi connectivity index (χ1) is 8.46. The lowest BCUT2D eigenvalue weighted by molar-refractivity contribution is -0.144. The second-order valence-corrected chi connectivity index (χ2v) is 5.80. The first-order valence-corrected chi connectivity index (χ1v) is 7.50. The molecule has 0 aromatic rings. The minimum atomic E-state index is -0.227. The predicted molar refractivity (Wildman–Crippen MR) is 75.6 cm³/mol. The Kier molecular flexibility index (Phi) is 8.89. The molecule has 106 valence electrons. The first kappa shape index (κ1) is 17.3. The summed E-state index contributed by atoms with van der Waals surface area (Å²) in [7, 11) is 1.38. The Bertz CT molecular complexity index is 267. The Labute approximate surface area is 114 Å². The van der Waals surface area contributed by atoms with Crippen LogP contribution >= 0.6 is 11.8 Å². The molecule has 0 aliphatic heterocycles. The second kappa shape index (κ2) is 9.25. The number of ether oxygens (including phenoxy) is 1. The molecule has 2 unspecified atom stereocenters. The van der Waals surface area contributed by atoms with Crippen molar-refractivity contribution < 1.29 is 14.3 Å². The van der Waals surface area contributed by atoms with Crippen molar-refractivity contribution in [1.29, 1.82) is 0 Å². The highest BCUT2D eigenvalue weighted by atomic mass is 32.2. The molecule has 2 atom stereocenters. The fourth-order valence-corrected chi connectivity index (χ4v) is 2.38. The number of carbonyl (C=O) groups is 2. The van der Waals surface area contributed by atoms with E-state index in [0.717, 1.165) is 12.8 Å². The zero-order valence-corrected chi connectivity index (χ0v) is 12.8. The Morgan fingerprint density at radius 1 is 1.22 bits per heavy atom. The standard InChI is InChI=1S/C13H25NO3S/c1-6-11(7-2)14-12(15)10(4)18-8-9(3)13(16)17-5/h9-11H,6-8H2,1-5H3,(H,14,15). The van der Waals surface area contributed by atoms with Crippen LogP contribution in [0.5, 0.6) is 0 Å². The smallest absolute Gasteiger partial charge is 0.309 e. The van der Waals surface area contributed by atoms with E-state index in [-0.39, 0.29) is 29.1 Å². The van der Waals surface area contributed by atoms with Crippen LogP contribution in [0.15, 0.2) is 0 Å². The minimum absolute atomic E-state index is 0.0470. The van der Waals surface area contributed by atoms with Crippen LogP contribution in [-0.4, -0.2) is 36.0 Å². The lowest BCUT2D eigenvalue weighted by Crippen LogP contribution is -2.39. The van der Waals surface area contributed by atoms with E-state index in [0.29, 0.717) is 5.75 Å². The largest absolute Gasteiger partial charge is 0.469 e. The monoisotopic (exact) mass is 275 g/mol. The van der Waals surface area contributed by atoms with Crippen molar-refractivity contribution in [3.05, 3.63) is 0 Å². The van der Waals surface area contributed by atoms with Gasteiger partial charge in [-0.2, -0.15) is 0 Å². The van der Waals surface area contributed by atoms with Crippen LogP contribution in [0.1, 0.15) is 40.5 Å². The third kappa shape index (κ3) is 6.28. The number of esters is 1. The summed E-state index contributed by atoms with van der Waals surface area (Å²) in [6.45, 7) is 7.80. The van der Waals surface area contributed by atoms with Crippen LogP contribution in [0.3, 0.4) is 0 Å². The highest BCUT2D eigenvalue weighted by Crippen LogP contribution is 2.16. The summed E-state index contributed by atoms with van der Waals surface area (Å²) < 4.78 is 4.65. The summed E-state index contributed by atoms with van der Waals surface area (Å²) >= 11 is 1.49. The van der Waals surface area contributed by atoms with Gasteiger partial charge in [0.1, 0.15) is 0 Å². The van der Waals surface area contributed by atoms with E-state index in [2.05, 4.69) is 23.9 Å². The maximum absolute atomic E-state index is 11.9. The molecule has 0 spiro atoms. The van der Waals surface area contributed by atoms with Crippen molar-refractivity contribution >= 4 is 23.6 Å². The average Bonchev–Trinajstić information content (AvgIpc) is 2.40. The molecule has 0 bridgehead atoms. The number of rotatable bonds is 8. The average molecular weight is 275 g/mol. The number of carbonyl (C=O) groups excluding carboxylic acids is 2. The third-order valence-electron chi connectivity index (χ3n) is 2.90. The molecule has 18 heavy (non-hydrogen) atoms. The maximum atomic E-state index is 11.9. The summed E-state index contributed by atoms with van der Waals surface area (Å²) in [5, 5.41) is 2.87. The van der Waals surface area contributed by atoms with E-state index in [1.807, 2.05) is 13.8 Å². The van der Waals surface area contributed by atoms with Gasteiger partial charge < -0.3 is 10.1 Å². The van der Waals surface area contributed by atoms with Gasteiger partial charge in [0.05, 0.1) is 18.3 Å². The lowest BCUT2D eigenvalue weighted by atomic mass is 10.2. The predicted octanol–water partition coefficient (Wildman–Crippen LogP) is 2.22. The molecule has 0 saturated carbocycles. The first-order valence-electron chi connectivity index (χ1n) is 6.45. The Morgan fingerprint density at radius 2 is 1.78 bits per heavy atom. The van der Waals surface area contributed by atoms with E-state index < -0.39 is 0 Å². The SMILES string of the molecule is CCC(CC)NC(=O)C(C)SCC(C)C(=O)OC. The quantitative estimate of drug-likeness (QED) is 0.690. The molecule has 0 rings (SSSR count). The van der Waals surface area contributed by atoms with Crippen LogP contribution in [0.2, 0.25) is 0 Å². The summed E-state index contributed by atoms with van der Waals surface area (Å²) in [6.07, 6.45) is 1.89. The molecule has 0 heterocycles. The summed E-state index contributed by atoms with van der Waals surface area (Å²) in [5.74, 6) is 0.244. The van der Waals surface area contributed by atoms with Crippen molar-refractivity contribution in [1.82, 2.24) is 5.32 Å². The van der Waals surface area contributed by atoms with Crippen LogP contribution in [0.25, 0.3) is 0 Å². The van der Waals surface area contributed by atoms with E-state index in [4.69, 9.17) is 0 Å². The Balaban J connectivity index is 4.05. The van der Waals surface area contributed by atoms with Crippen molar-refractivity contribution in [3.8, 4) is 0 Å². The van der Waals surface area contributed by atoms with Gasteiger partial charge in [0.15, 0.2) is 0 Å². The van der Waals surface area contributed by atoms with E-state index in [1.54, 1.807) is 0 Å². The molecule has 5 heteroatoms. The topological polar surface area (TPSA) is 55.4 Å². The van der Waals surface area contributed by atoms with Crippen LogP contribution in [0.4, 0.5) is 0 Å². The van der Waals surface area contributed by atoms with E-state index in [1.165, 1.54) is 18.9 Å².